The molecule has 0 atom stereocenters. The molecule has 4 nitrogen and oxygen atoms in total. The van der Waals surface area contributed by atoms with Crippen LogP contribution in [0.25, 0.3) is 102 Å². The molecule has 58 heavy (non-hydrogen) atoms. The summed E-state index contributed by atoms with van der Waals surface area (Å²) in [7, 11) is 0. The van der Waals surface area contributed by atoms with Crippen LogP contribution in [0.3, 0.4) is 0 Å². The van der Waals surface area contributed by atoms with Crippen molar-refractivity contribution in [1.82, 2.24) is 15.0 Å². The van der Waals surface area contributed by atoms with Gasteiger partial charge in [0.25, 0.3) is 0 Å². The summed E-state index contributed by atoms with van der Waals surface area (Å²) in [6, 6.07) is 65.7. The second-order valence-corrected chi connectivity index (χ2v) is 15.5. The molecule has 0 unspecified atom stereocenters. The first-order valence-electron chi connectivity index (χ1n) is 19.3. The van der Waals surface area contributed by atoms with Gasteiger partial charge in [-0.05, 0) is 74.8 Å². The number of fused-ring (bicyclic) bond motifs is 9. The van der Waals surface area contributed by atoms with E-state index in [1.54, 1.807) is 11.8 Å². The van der Waals surface area contributed by atoms with Crippen molar-refractivity contribution in [3.8, 4) is 67.5 Å². The fourth-order valence-electron chi connectivity index (χ4n) is 7.88. The van der Waals surface area contributed by atoms with Gasteiger partial charge in [-0.3, -0.25) is 0 Å². The highest BCUT2D eigenvalue weighted by Gasteiger charge is 2.21. The van der Waals surface area contributed by atoms with E-state index >= 15 is 0 Å². The number of para-hydroxylation sites is 1. The van der Waals surface area contributed by atoms with Gasteiger partial charge in [-0.1, -0.05) is 182 Å². The van der Waals surface area contributed by atoms with Crippen LogP contribution < -0.4 is 0 Å². The highest BCUT2D eigenvalue weighted by atomic mass is 32.2. The molecule has 0 saturated carbocycles. The summed E-state index contributed by atoms with van der Waals surface area (Å²) in [6.07, 6.45) is 4.46. The van der Waals surface area contributed by atoms with Crippen LogP contribution in [-0.4, -0.2) is 15.0 Å². The van der Waals surface area contributed by atoms with Crippen molar-refractivity contribution >= 4 is 45.9 Å². The SMILES string of the molecule is C1=Cc2ccc(-c3nc(-c4ccccc4)nc(-c4ccc(-c5ccccc5)cc4)n3)cc2-c2cc3oc4ccccc4c3cc2Sc2ccccc2-c2ccccc21. The predicted molar refractivity (Wildman–Crippen MR) is 239 cm³/mol. The molecular formula is C53H33N3OS. The Morgan fingerprint density at radius 2 is 0.879 bits per heavy atom. The monoisotopic (exact) mass is 759 g/mol. The Hall–Kier alpha value is -7.34. The molecule has 0 fully saturated rings. The van der Waals surface area contributed by atoms with Crippen LogP contribution in [0, 0.1) is 0 Å². The number of hydrogen-bond donors (Lipinski definition) is 0. The van der Waals surface area contributed by atoms with Gasteiger partial charge in [0.2, 0.25) is 0 Å². The van der Waals surface area contributed by atoms with Crippen LogP contribution in [0.15, 0.2) is 202 Å². The first-order chi connectivity index (χ1) is 28.7. The Morgan fingerprint density at radius 1 is 0.328 bits per heavy atom. The van der Waals surface area contributed by atoms with Gasteiger partial charge in [-0.25, -0.2) is 15.0 Å². The van der Waals surface area contributed by atoms with Crippen molar-refractivity contribution in [3.05, 3.63) is 199 Å². The minimum Gasteiger partial charge on any atom is -0.456 e. The normalized spacial score (nSPS) is 12.0. The third-order valence-electron chi connectivity index (χ3n) is 10.8. The molecule has 10 aromatic rings. The quantitative estimate of drug-likeness (QED) is 0.179. The average molecular weight is 760 g/mol. The molecule has 1 aliphatic heterocycles. The molecule has 0 amide bonds. The molecule has 5 heteroatoms. The largest absolute Gasteiger partial charge is 0.456 e. The molecule has 0 aliphatic carbocycles. The molecular weight excluding hydrogens is 727 g/mol. The zero-order valence-corrected chi connectivity index (χ0v) is 32.0. The first-order valence-corrected chi connectivity index (χ1v) is 20.2. The Balaban J connectivity index is 1.13. The maximum Gasteiger partial charge on any atom is 0.164 e. The van der Waals surface area contributed by atoms with Gasteiger partial charge in [0, 0.05) is 37.3 Å². The Bertz CT molecular complexity index is 3190. The van der Waals surface area contributed by atoms with E-state index in [4.69, 9.17) is 19.4 Å². The van der Waals surface area contributed by atoms with Crippen molar-refractivity contribution in [3.63, 3.8) is 0 Å². The number of benzene rings is 8. The standard InChI is InChI=1S/C53H33N3OS/c1-3-13-34(14-4-1)35-23-28-39(29-24-35)52-54-51(38-16-5-2-6-17-38)55-53(56-52)40-30-27-37-26-25-36-15-7-8-18-41(36)43-20-10-12-22-49(43)58-50-33-45-42-19-9-11-21-47(42)57-48(45)32-46(50)44(37)31-40/h1-33H. The van der Waals surface area contributed by atoms with E-state index in [9.17, 15) is 0 Å². The maximum atomic E-state index is 6.53. The Labute approximate surface area is 340 Å². The van der Waals surface area contributed by atoms with Gasteiger partial charge in [0.05, 0.1) is 0 Å². The van der Waals surface area contributed by atoms with Crippen molar-refractivity contribution in [2.24, 2.45) is 0 Å². The summed E-state index contributed by atoms with van der Waals surface area (Å²) in [6.45, 7) is 0. The second kappa shape index (κ2) is 14.3. The van der Waals surface area contributed by atoms with Gasteiger partial charge in [0.1, 0.15) is 11.2 Å². The summed E-state index contributed by atoms with van der Waals surface area (Å²) in [5.41, 5.74) is 13.5. The zero-order chi connectivity index (χ0) is 38.4. The molecule has 3 heterocycles. The summed E-state index contributed by atoms with van der Waals surface area (Å²) >= 11 is 1.79. The number of nitrogens with zero attached hydrogens (tertiary/aromatic N) is 3. The van der Waals surface area contributed by atoms with Gasteiger partial charge in [0.15, 0.2) is 17.5 Å². The van der Waals surface area contributed by atoms with E-state index in [-0.39, 0.29) is 0 Å². The summed E-state index contributed by atoms with van der Waals surface area (Å²) in [4.78, 5) is 17.7. The van der Waals surface area contributed by atoms with Crippen molar-refractivity contribution in [1.29, 1.82) is 0 Å². The van der Waals surface area contributed by atoms with Gasteiger partial charge < -0.3 is 4.42 Å². The first kappa shape index (κ1) is 34.0. The molecule has 11 rings (SSSR count). The summed E-state index contributed by atoms with van der Waals surface area (Å²) < 4.78 is 6.53. The van der Waals surface area contributed by atoms with Crippen LogP contribution in [0.2, 0.25) is 0 Å². The molecule has 1 aliphatic rings. The van der Waals surface area contributed by atoms with Crippen LogP contribution in [-0.2, 0) is 0 Å². The summed E-state index contributed by atoms with van der Waals surface area (Å²) in [5.74, 6) is 1.84. The van der Waals surface area contributed by atoms with Crippen molar-refractivity contribution < 1.29 is 4.42 Å². The van der Waals surface area contributed by atoms with Crippen LogP contribution in [0.4, 0.5) is 0 Å². The van der Waals surface area contributed by atoms with E-state index in [1.807, 2.05) is 48.5 Å². The number of aromatic nitrogens is 3. The highest BCUT2D eigenvalue weighted by Crippen LogP contribution is 2.46. The molecule has 272 valence electrons. The predicted octanol–water partition coefficient (Wildman–Crippen LogP) is 14.4. The Kier molecular flexibility index (Phi) is 8.37. The summed E-state index contributed by atoms with van der Waals surface area (Å²) in [5, 5.41) is 2.20. The van der Waals surface area contributed by atoms with E-state index in [1.165, 1.54) is 16.0 Å². The van der Waals surface area contributed by atoms with E-state index < -0.39 is 0 Å². The van der Waals surface area contributed by atoms with Crippen LogP contribution in [0.5, 0.6) is 0 Å². The molecule has 8 aromatic carbocycles. The smallest absolute Gasteiger partial charge is 0.164 e. The number of rotatable bonds is 4. The molecule has 0 radical (unpaired) electrons. The minimum absolute atomic E-state index is 0.604. The highest BCUT2D eigenvalue weighted by molar-refractivity contribution is 7.99. The molecule has 0 N–H and O–H groups in total. The van der Waals surface area contributed by atoms with Crippen molar-refractivity contribution in [2.75, 3.05) is 0 Å². The van der Waals surface area contributed by atoms with E-state index in [0.29, 0.717) is 17.5 Å². The molecule has 0 saturated heterocycles. The molecule has 0 spiro atoms. The topological polar surface area (TPSA) is 51.8 Å². The lowest BCUT2D eigenvalue weighted by Gasteiger charge is -2.16. The molecule has 0 bridgehead atoms. The maximum absolute atomic E-state index is 6.53. The average Bonchev–Trinajstić information content (AvgIpc) is 3.65. The third-order valence-corrected chi connectivity index (χ3v) is 11.9. The Morgan fingerprint density at radius 3 is 1.66 bits per heavy atom. The zero-order valence-electron chi connectivity index (χ0n) is 31.2. The number of hydrogen-bond acceptors (Lipinski definition) is 5. The van der Waals surface area contributed by atoms with E-state index in [2.05, 4.69) is 152 Å². The minimum atomic E-state index is 0.604. The van der Waals surface area contributed by atoms with E-state index in [0.717, 1.165) is 76.9 Å². The van der Waals surface area contributed by atoms with Gasteiger partial charge in [-0.2, -0.15) is 0 Å². The second-order valence-electron chi connectivity index (χ2n) is 14.4. The van der Waals surface area contributed by atoms with Gasteiger partial charge in [-0.15, -0.1) is 0 Å². The van der Waals surface area contributed by atoms with Gasteiger partial charge >= 0.3 is 0 Å². The third kappa shape index (κ3) is 6.19. The number of furan rings is 1. The van der Waals surface area contributed by atoms with Crippen molar-refractivity contribution in [2.45, 2.75) is 9.79 Å². The van der Waals surface area contributed by atoms with Crippen LogP contribution >= 0.6 is 11.8 Å². The lowest BCUT2D eigenvalue weighted by atomic mass is 9.94. The fourth-order valence-corrected chi connectivity index (χ4v) is 9.00. The molecule has 2 aromatic heterocycles. The van der Waals surface area contributed by atoms with Crippen LogP contribution in [0.1, 0.15) is 11.1 Å². The lowest BCUT2D eigenvalue weighted by Crippen LogP contribution is -2.00. The fraction of sp³-hybridized carbons (Fsp3) is 0. The lowest BCUT2D eigenvalue weighted by molar-refractivity contribution is 0.669.